The van der Waals surface area contributed by atoms with Gasteiger partial charge in [-0.25, -0.2) is 0 Å². The molecule has 22 heavy (non-hydrogen) atoms. The van der Waals surface area contributed by atoms with Crippen molar-refractivity contribution in [1.29, 1.82) is 0 Å². The molecule has 0 saturated heterocycles. The first-order chi connectivity index (χ1) is 10.6. The Morgan fingerprint density at radius 3 is 3.09 bits per heavy atom. The molecule has 1 atom stereocenters. The van der Waals surface area contributed by atoms with E-state index in [1.807, 2.05) is 36.6 Å². The van der Waals surface area contributed by atoms with E-state index >= 15 is 0 Å². The van der Waals surface area contributed by atoms with Crippen LogP contribution in [0, 0.1) is 6.92 Å². The summed E-state index contributed by atoms with van der Waals surface area (Å²) < 4.78 is 11.2. The van der Waals surface area contributed by atoms with Crippen LogP contribution >= 0.6 is 11.3 Å². The Kier molecular flexibility index (Phi) is 4.35. The molecule has 1 aliphatic heterocycles. The maximum atomic E-state index is 12.0. The van der Waals surface area contributed by atoms with Crippen molar-refractivity contribution in [2.75, 3.05) is 6.61 Å². The van der Waals surface area contributed by atoms with Crippen LogP contribution in [0.4, 0.5) is 0 Å². The highest BCUT2D eigenvalue weighted by molar-refractivity contribution is 7.10. The van der Waals surface area contributed by atoms with Crippen LogP contribution in [0.3, 0.4) is 0 Å². The molecule has 2 aromatic rings. The zero-order valence-corrected chi connectivity index (χ0v) is 12.9. The minimum absolute atomic E-state index is 0.161. The maximum absolute atomic E-state index is 12.0. The number of carbonyl (C=O) groups is 1. The Hall–Kier alpha value is -1.99. The van der Waals surface area contributed by atoms with Crippen molar-refractivity contribution < 1.29 is 19.2 Å². The van der Waals surface area contributed by atoms with Crippen LogP contribution in [0.25, 0.3) is 0 Å². The second-order valence-electron chi connectivity index (χ2n) is 5.15. The van der Waals surface area contributed by atoms with Gasteiger partial charge in [-0.2, -0.15) is 0 Å². The highest BCUT2D eigenvalue weighted by atomic mass is 32.1. The van der Waals surface area contributed by atoms with Gasteiger partial charge in [-0.3, -0.25) is 4.79 Å². The van der Waals surface area contributed by atoms with E-state index in [1.54, 1.807) is 6.07 Å². The number of aryl methyl sites for hydroxylation is 1. The lowest BCUT2D eigenvalue weighted by molar-refractivity contribution is -0.120. The molecule has 2 heterocycles. The van der Waals surface area contributed by atoms with Crippen molar-refractivity contribution in [3.8, 4) is 11.5 Å². The third kappa shape index (κ3) is 3.26. The van der Waals surface area contributed by atoms with Crippen molar-refractivity contribution >= 4 is 24.4 Å². The van der Waals surface area contributed by atoms with Crippen LogP contribution in [0.2, 0.25) is 0 Å². The molecule has 0 saturated carbocycles. The number of hydrogen-bond acceptors (Lipinski definition) is 5. The van der Waals surface area contributed by atoms with Crippen LogP contribution in [-0.2, 0) is 11.2 Å². The van der Waals surface area contributed by atoms with Crippen molar-refractivity contribution in [3.05, 3.63) is 46.2 Å². The second kappa shape index (κ2) is 6.42. The molecular formula is C15H16BNO4S. The summed E-state index contributed by atoms with van der Waals surface area (Å²) in [4.78, 5) is 13.0. The fourth-order valence-corrected chi connectivity index (χ4v) is 3.00. The first-order valence-corrected chi connectivity index (χ1v) is 7.90. The molecule has 1 aliphatic rings. The second-order valence-corrected chi connectivity index (χ2v) is 6.18. The molecule has 2 N–H and O–H groups in total. The predicted octanol–water partition coefficient (Wildman–Crippen LogP) is 1.57. The molecule has 1 amide bonds. The van der Waals surface area contributed by atoms with E-state index < -0.39 is 13.1 Å². The molecular weight excluding hydrogens is 301 g/mol. The lowest BCUT2D eigenvalue weighted by Gasteiger charge is -2.17. The van der Waals surface area contributed by atoms with Crippen LogP contribution < -0.4 is 14.7 Å². The van der Waals surface area contributed by atoms with Gasteiger partial charge in [0.05, 0.1) is 6.42 Å². The van der Waals surface area contributed by atoms with E-state index in [0.29, 0.717) is 11.5 Å². The standard InChI is InChI=1S/C15H16BNO4S/c1-10-4-2-6-12-15(10)21-16(19)13(9-20-12)17-14(18)8-11-5-3-7-22-11/h2-7,13,19H,8-9H2,1H3,(H,17,18)/t13-/m0/s1. The molecule has 0 fully saturated rings. The quantitative estimate of drug-likeness (QED) is 0.844. The predicted molar refractivity (Wildman–Crippen MR) is 85.2 cm³/mol. The van der Waals surface area contributed by atoms with E-state index in [-0.39, 0.29) is 18.9 Å². The molecule has 0 radical (unpaired) electrons. The van der Waals surface area contributed by atoms with Gasteiger partial charge in [-0.05, 0) is 30.0 Å². The Balaban J connectivity index is 1.66. The summed E-state index contributed by atoms with van der Waals surface area (Å²) in [6.45, 7) is 2.04. The number of benzene rings is 1. The molecule has 0 unspecified atom stereocenters. The van der Waals surface area contributed by atoms with Crippen LogP contribution in [0.15, 0.2) is 35.7 Å². The van der Waals surface area contributed by atoms with E-state index in [1.165, 1.54) is 11.3 Å². The fraction of sp³-hybridized carbons (Fsp3) is 0.267. The van der Waals surface area contributed by atoms with Gasteiger partial charge in [0.1, 0.15) is 18.3 Å². The van der Waals surface area contributed by atoms with Crippen molar-refractivity contribution in [3.63, 3.8) is 0 Å². The highest BCUT2D eigenvalue weighted by Crippen LogP contribution is 2.33. The van der Waals surface area contributed by atoms with Gasteiger partial charge in [-0.15, -0.1) is 11.3 Å². The summed E-state index contributed by atoms with van der Waals surface area (Å²) in [6, 6.07) is 9.33. The summed E-state index contributed by atoms with van der Waals surface area (Å²) >= 11 is 1.52. The third-order valence-corrected chi connectivity index (χ3v) is 4.31. The van der Waals surface area contributed by atoms with Crippen LogP contribution in [-0.4, -0.2) is 30.6 Å². The van der Waals surface area contributed by atoms with E-state index in [0.717, 1.165) is 10.4 Å². The molecule has 0 spiro atoms. The van der Waals surface area contributed by atoms with Gasteiger partial charge in [0.25, 0.3) is 0 Å². The third-order valence-electron chi connectivity index (χ3n) is 3.44. The molecule has 1 aromatic carbocycles. The van der Waals surface area contributed by atoms with Crippen molar-refractivity contribution in [2.45, 2.75) is 19.3 Å². The van der Waals surface area contributed by atoms with E-state index in [4.69, 9.17) is 9.39 Å². The number of thiophene rings is 1. The number of para-hydroxylation sites is 1. The first-order valence-electron chi connectivity index (χ1n) is 7.02. The zero-order valence-electron chi connectivity index (χ0n) is 12.1. The van der Waals surface area contributed by atoms with Gasteiger partial charge in [0, 0.05) is 4.88 Å². The Labute approximate surface area is 133 Å². The molecule has 5 nitrogen and oxygen atoms in total. The number of rotatable bonds is 3. The fourth-order valence-electron chi connectivity index (χ4n) is 2.30. The van der Waals surface area contributed by atoms with Crippen molar-refractivity contribution in [2.24, 2.45) is 0 Å². The first kappa shape index (κ1) is 14.9. The minimum Gasteiger partial charge on any atom is -0.532 e. The average Bonchev–Trinajstić information content (AvgIpc) is 2.93. The van der Waals surface area contributed by atoms with E-state index in [9.17, 15) is 9.82 Å². The number of hydrogen-bond donors (Lipinski definition) is 2. The molecule has 114 valence electrons. The summed E-state index contributed by atoms with van der Waals surface area (Å²) in [5.74, 6) is 0.319. The van der Waals surface area contributed by atoms with Gasteiger partial charge >= 0.3 is 7.12 Å². The van der Waals surface area contributed by atoms with Crippen molar-refractivity contribution in [1.82, 2.24) is 5.32 Å². The number of carbonyl (C=O) groups excluding carboxylic acids is 1. The molecule has 3 rings (SSSR count). The summed E-state index contributed by atoms with van der Waals surface area (Å²) in [6.07, 6.45) is 0.285. The average molecular weight is 317 g/mol. The van der Waals surface area contributed by atoms with Gasteiger partial charge in [0.15, 0.2) is 5.75 Å². The van der Waals surface area contributed by atoms with E-state index in [2.05, 4.69) is 5.32 Å². The Bertz CT molecular complexity index is 662. The summed E-state index contributed by atoms with van der Waals surface area (Å²) in [5.41, 5.74) is 0.877. The Morgan fingerprint density at radius 1 is 1.45 bits per heavy atom. The monoisotopic (exact) mass is 317 g/mol. The number of fused-ring (bicyclic) bond motifs is 1. The number of ether oxygens (including phenoxy) is 1. The number of amides is 1. The largest absolute Gasteiger partial charge is 0.550 e. The van der Waals surface area contributed by atoms with Crippen LogP contribution in [0.1, 0.15) is 10.4 Å². The van der Waals surface area contributed by atoms with Gasteiger partial charge in [0.2, 0.25) is 5.91 Å². The molecule has 7 heteroatoms. The SMILES string of the molecule is Cc1cccc2c1OB(O)[C@@H](NC(=O)Cc1cccs1)CO2. The van der Waals surface area contributed by atoms with Gasteiger partial charge in [-0.1, -0.05) is 18.2 Å². The molecule has 1 aromatic heterocycles. The Morgan fingerprint density at radius 2 is 2.32 bits per heavy atom. The van der Waals surface area contributed by atoms with Crippen LogP contribution in [0.5, 0.6) is 11.5 Å². The summed E-state index contributed by atoms with van der Waals surface area (Å²) in [7, 11) is -1.14. The normalized spacial score (nSPS) is 17.0. The van der Waals surface area contributed by atoms with Gasteiger partial charge < -0.3 is 19.7 Å². The lowest BCUT2D eigenvalue weighted by Crippen LogP contribution is -2.52. The zero-order chi connectivity index (χ0) is 15.5. The maximum Gasteiger partial charge on any atom is 0.550 e. The molecule has 0 aliphatic carbocycles. The minimum atomic E-state index is -1.14. The topological polar surface area (TPSA) is 67.8 Å². The number of nitrogens with one attached hydrogen (secondary N) is 1. The lowest BCUT2D eigenvalue weighted by atomic mass is 9.79. The summed E-state index contributed by atoms with van der Waals surface area (Å²) in [5, 5.41) is 14.9. The highest BCUT2D eigenvalue weighted by Gasteiger charge is 2.35. The smallest absolute Gasteiger partial charge is 0.532 e. The molecule has 0 bridgehead atoms.